The zero-order chi connectivity index (χ0) is 22.7. The highest BCUT2D eigenvalue weighted by Crippen LogP contribution is 2.41. The maximum Gasteiger partial charge on any atom is 0.321 e. The molecule has 0 bridgehead atoms. The summed E-state index contributed by atoms with van der Waals surface area (Å²) in [5.74, 6) is 0.875. The molecule has 2 fully saturated rings. The molecule has 6 nitrogen and oxygen atoms in total. The second-order valence-corrected chi connectivity index (χ2v) is 9.46. The van der Waals surface area contributed by atoms with Crippen molar-refractivity contribution in [2.24, 2.45) is 5.92 Å². The van der Waals surface area contributed by atoms with E-state index in [2.05, 4.69) is 42.7 Å². The molecule has 1 heterocycles. The molecule has 4 amide bonds. The molecule has 1 saturated heterocycles. The van der Waals surface area contributed by atoms with Crippen molar-refractivity contribution in [2.75, 3.05) is 25.0 Å². The highest BCUT2D eigenvalue weighted by atomic mass is 35.5. The molecule has 0 spiro atoms. The van der Waals surface area contributed by atoms with Crippen LogP contribution in [0.2, 0.25) is 5.02 Å². The molecule has 2 aliphatic rings. The van der Waals surface area contributed by atoms with Crippen LogP contribution in [-0.4, -0.2) is 47.5 Å². The maximum atomic E-state index is 13.1. The number of rotatable bonds is 5. The van der Waals surface area contributed by atoms with Crippen LogP contribution in [0.3, 0.4) is 0 Å². The Balaban J connectivity index is 1.36. The SMILES string of the molecule is CC(C)C1CN(C(=O)Nc2ccc(Cl)cc2)CCN1C(=O)NCc1ccccc1C1CC1. The van der Waals surface area contributed by atoms with E-state index in [4.69, 9.17) is 11.6 Å². The first-order chi connectivity index (χ1) is 15.4. The monoisotopic (exact) mass is 454 g/mol. The first kappa shape index (κ1) is 22.5. The number of amides is 4. The van der Waals surface area contributed by atoms with Crippen LogP contribution in [0.25, 0.3) is 0 Å². The summed E-state index contributed by atoms with van der Waals surface area (Å²) in [4.78, 5) is 29.5. The summed E-state index contributed by atoms with van der Waals surface area (Å²) >= 11 is 5.92. The van der Waals surface area contributed by atoms with Gasteiger partial charge in [0.15, 0.2) is 0 Å². The fraction of sp³-hybridized carbons (Fsp3) is 0.440. The quantitative estimate of drug-likeness (QED) is 0.643. The molecular weight excluding hydrogens is 424 g/mol. The van der Waals surface area contributed by atoms with Gasteiger partial charge in [-0.05, 0) is 60.1 Å². The lowest BCUT2D eigenvalue weighted by Crippen LogP contribution is -2.60. The van der Waals surface area contributed by atoms with Crippen LogP contribution in [0.15, 0.2) is 48.5 Å². The number of nitrogens with one attached hydrogen (secondary N) is 2. The average Bonchev–Trinajstić information content (AvgIpc) is 3.64. The van der Waals surface area contributed by atoms with Gasteiger partial charge in [-0.15, -0.1) is 0 Å². The number of carbonyl (C=O) groups excluding carboxylic acids is 2. The number of hydrogen-bond donors (Lipinski definition) is 2. The number of anilines is 1. The Morgan fingerprint density at radius 2 is 1.75 bits per heavy atom. The van der Waals surface area contributed by atoms with E-state index in [0.717, 1.165) is 0 Å². The number of hydrogen-bond acceptors (Lipinski definition) is 2. The smallest absolute Gasteiger partial charge is 0.321 e. The zero-order valence-corrected chi connectivity index (χ0v) is 19.4. The first-order valence-corrected chi connectivity index (χ1v) is 11.7. The Bertz CT molecular complexity index is 959. The topological polar surface area (TPSA) is 64.7 Å². The van der Waals surface area contributed by atoms with Gasteiger partial charge in [-0.3, -0.25) is 0 Å². The van der Waals surface area contributed by atoms with E-state index in [-0.39, 0.29) is 24.0 Å². The van der Waals surface area contributed by atoms with E-state index in [9.17, 15) is 9.59 Å². The van der Waals surface area contributed by atoms with Crippen LogP contribution in [-0.2, 0) is 6.54 Å². The number of halogens is 1. The molecular formula is C25H31ClN4O2. The second kappa shape index (κ2) is 9.82. The highest BCUT2D eigenvalue weighted by molar-refractivity contribution is 6.30. The number of carbonyl (C=O) groups is 2. The van der Waals surface area contributed by atoms with Gasteiger partial charge in [-0.25, -0.2) is 9.59 Å². The Morgan fingerprint density at radius 1 is 1.03 bits per heavy atom. The van der Waals surface area contributed by atoms with Crippen molar-refractivity contribution in [1.29, 1.82) is 0 Å². The van der Waals surface area contributed by atoms with E-state index in [0.29, 0.717) is 42.8 Å². The van der Waals surface area contributed by atoms with E-state index in [1.165, 1.54) is 24.0 Å². The number of nitrogens with zero attached hydrogens (tertiary/aromatic N) is 2. The van der Waals surface area contributed by atoms with Gasteiger partial charge < -0.3 is 20.4 Å². The van der Waals surface area contributed by atoms with Gasteiger partial charge in [-0.2, -0.15) is 0 Å². The van der Waals surface area contributed by atoms with Crippen LogP contribution in [0.4, 0.5) is 15.3 Å². The van der Waals surface area contributed by atoms with Gasteiger partial charge in [-0.1, -0.05) is 49.7 Å². The molecule has 1 saturated carbocycles. The molecule has 0 radical (unpaired) electrons. The molecule has 1 aliphatic heterocycles. The molecule has 7 heteroatoms. The Kier molecular flexibility index (Phi) is 6.89. The van der Waals surface area contributed by atoms with Gasteiger partial charge in [0, 0.05) is 36.9 Å². The molecule has 2 N–H and O–H groups in total. The van der Waals surface area contributed by atoms with Gasteiger partial charge in [0.2, 0.25) is 0 Å². The van der Waals surface area contributed by atoms with Crippen molar-refractivity contribution >= 4 is 29.4 Å². The van der Waals surface area contributed by atoms with Crippen LogP contribution < -0.4 is 10.6 Å². The fourth-order valence-corrected chi connectivity index (χ4v) is 4.44. The molecule has 4 rings (SSSR count). The minimum Gasteiger partial charge on any atom is -0.334 e. The predicted octanol–water partition coefficient (Wildman–Crippen LogP) is 5.30. The average molecular weight is 455 g/mol. The minimum absolute atomic E-state index is 0.0432. The molecule has 1 unspecified atom stereocenters. The van der Waals surface area contributed by atoms with Crippen LogP contribution >= 0.6 is 11.6 Å². The third-order valence-electron chi connectivity index (χ3n) is 6.33. The van der Waals surface area contributed by atoms with Gasteiger partial charge in [0.25, 0.3) is 0 Å². The molecule has 2 aromatic rings. The summed E-state index contributed by atoms with van der Waals surface area (Å²) in [6.07, 6.45) is 2.47. The summed E-state index contributed by atoms with van der Waals surface area (Å²) < 4.78 is 0. The van der Waals surface area contributed by atoms with E-state index < -0.39 is 0 Å². The zero-order valence-electron chi connectivity index (χ0n) is 18.7. The molecule has 170 valence electrons. The van der Waals surface area contributed by atoms with Crippen molar-refractivity contribution in [2.45, 2.75) is 45.2 Å². The lowest BCUT2D eigenvalue weighted by atomic mass is 10.00. The molecule has 1 atom stereocenters. The first-order valence-electron chi connectivity index (χ1n) is 11.4. The number of benzene rings is 2. The lowest BCUT2D eigenvalue weighted by molar-refractivity contribution is 0.0889. The molecule has 1 aliphatic carbocycles. The summed E-state index contributed by atoms with van der Waals surface area (Å²) in [6, 6.07) is 15.2. The van der Waals surface area contributed by atoms with Crippen LogP contribution in [0.5, 0.6) is 0 Å². The van der Waals surface area contributed by atoms with Gasteiger partial charge in [0.1, 0.15) is 0 Å². The summed E-state index contributed by atoms with van der Waals surface area (Å²) in [5.41, 5.74) is 3.26. The van der Waals surface area contributed by atoms with Crippen molar-refractivity contribution in [3.63, 3.8) is 0 Å². The Labute approximate surface area is 194 Å². The minimum atomic E-state index is -0.156. The maximum absolute atomic E-state index is 13.1. The third kappa shape index (κ3) is 5.36. The number of piperazine rings is 1. The molecule has 2 aromatic carbocycles. The predicted molar refractivity (Wildman–Crippen MR) is 128 cm³/mol. The number of urea groups is 2. The van der Waals surface area contributed by atoms with E-state index >= 15 is 0 Å². The Morgan fingerprint density at radius 3 is 2.44 bits per heavy atom. The standard InChI is InChI=1S/C25H31ClN4O2/c1-17(2)23-16-29(25(32)28-21-11-9-20(26)10-12-21)13-14-30(23)24(31)27-15-19-5-3-4-6-22(19)18-7-8-18/h3-6,9-12,17-18,23H,7-8,13-16H2,1-2H3,(H,27,31)(H,28,32). The van der Waals surface area contributed by atoms with Crippen molar-refractivity contribution < 1.29 is 9.59 Å². The van der Waals surface area contributed by atoms with Gasteiger partial charge >= 0.3 is 12.1 Å². The van der Waals surface area contributed by atoms with Crippen molar-refractivity contribution in [3.8, 4) is 0 Å². The highest BCUT2D eigenvalue weighted by Gasteiger charge is 2.34. The summed E-state index contributed by atoms with van der Waals surface area (Å²) in [7, 11) is 0. The van der Waals surface area contributed by atoms with Crippen molar-refractivity contribution in [1.82, 2.24) is 15.1 Å². The lowest BCUT2D eigenvalue weighted by Gasteiger charge is -2.43. The third-order valence-corrected chi connectivity index (χ3v) is 6.59. The van der Waals surface area contributed by atoms with Crippen LogP contribution in [0.1, 0.15) is 43.7 Å². The largest absolute Gasteiger partial charge is 0.334 e. The van der Waals surface area contributed by atoms with E-state index in [1.807, 2.05) is 11.0 Å². The summed E-state index contributed by atoms with van der Waals surface area (Å²) in [6.45, 7) is 6.22. The Hall–Kier alpha value is -2.73. The normalized spacial score (nSPS) is 18.6. The van der Waals surface area contributed by atoms with Gasteiger partial charge in [0.05, 0.1) is 6.04 Å². The molecule has 0 aromatic heterocycles. The van der Waals surface area contributed by atoms with Crippen molar-refractivity contribution in [3.05, 3.63) is 64.7 Å². The molecule has 32 heavy (non-hydrogen) atoms. The van der Waals surface area contributed by atoms with Crippen LogP contribution in [0, 0.1) is 5.92 Å². The second-order valence-electron chi connectivity index (χ2n) is 9.02. The summed E-state index contributed by atoms with van der Waals surface area (Å²) in [5, 5.41) is 6.67. The van der Waals surface area contributed by atoms with E-state index in [1.54, 1.807) is 29.2 Å². The fourth-order valence-electron chi connectivity index (χ4n) is 4.31.